The van der Waals surface area contributed by atoms with Crippen LogP contribution in [-0.4, -0.2) is 36.4 Å². The number of nitrogens with one attached hydrogen (secondary N) is 1. The van der Waals surface area contributed by atoms with Crippen LogP contribution in [0.5, 0.6) is 0 Å². The van der Waals surface area contributed by atoms with Crippen molar-refractivity contribution < 1.29 is 0 Å². The predicted octanol–water partition coefficient (Wildman–Crippen LogP) is 2.87. The Kier molecular flexibility index (Phi) is 5.12. The standard InChI is InChI=1S/C17H26N4/c1-6-7-12(2)16-13(3)14(4)17(20-19-16)21(5)15-8-10-18-11-9-15/h6-7,15,18H,1,8-11H2,2-5H3/b12-7+. The molecule has 0 saturated carbocycles. The number of nitrogens with zero attached hydrogens (tertiary/aromatic N) is 3. The van der Waals surface area contributed by atoms with Gasteiger partial charge in [-0.2, -0.15) is 0 Å². The molecule has 0 spiro atoms. The quantitative estimate of drug-likeness (QED) is 0.864. The molecule has 0 unspecified atom stereocenters. The lowest BCUT2D eigenvalue weighted by molar-refractivity contribution is 0.440. The Morgan fingerprint density at radius 2 is 1.90 bits per heavy atom. The summed E-state index contributed by atoms with van der Waals surface area (Å²) >= 11 is 0. The SMILES string of the molecule is C=C/C=C(\C)c1nnc(N(C)C2CCNCC2)c(C)c1C. The van der Waals surface area contributed by atoms with E-state index in [1.54, 1.807) is 6.08 Å². The smallest absolute Gasteiger partial charge is 0.154 e. The number of hydrogen-bond donors (Lipinski definition) is 1. The lowest BCUT2D eigenvalue weighted by Crippen LogP contribution is -2.42. The summed E-state index contributed by atoms with van der Waals surface area (Å²) in [6.07, 6.45) is 6.09. The monoisotopic (exact) mass is 286 g/mol. The van der Waals surface area contributed by atoms with Crippen molar-refractivity contribution >= 4 is 11.4 Å². The first kappa shape index (κ1) is 15.7. The Morgan fingerprint density at radius 1 is 1.24 bits per heavy atom. The summed E-state index contributed by atoms with van der Waals surface area (Å²) in [5.74, 6) is 1.01. The highest BCUT2D eigenvalue weighted by molar-refractivity contribution is 5.67. The van der Waals surface area contributed by atoms with E-state index in [2.05, 4.69) is 47.9 Å². The predicted molar refractivity (Wildman–Crippen MR) is 89.6 cm³/mol. The molecule has 0 aromatic carbocycles. The van der Waals surface area contributed by atoms with Gasteiger partial charge in [0.05, 0.1) is 5.69 Å². The fraction of sp³-hybridized carbons (Fsp3) is 0.529. The molecule has 0 atom stereocenters. The number of rotatable bonds is 4. The molecule has 21 heavy (non-hydrogen) atoms. The molecule has 1 aromatic rings. The number of hydrogen-bond acceptors (Lipinski definition) is 4. The summed E-state index contributed by atoms with van der Waals surface area (Å²) in [7, 11) is 2.14. The van der Waals surface area contributed by atoms with Crippen molar-refractivity contribution in [3.8, 4) is 0 Å². The molecule has 0 radical (unpaired) electrons. The minimum Gasteiger partial charge on any atom is -0.355 e. The van der Waals surface area contributed by atoms with Crippen molar-refractivity contribution in [2.45, 2.75) is 39.7 Å². The Morgan fingerprint density at radius 3 is 2.52 bits per heavy atom. The van der Waals surface area contributed by atoms with Gasteiger partial charge in [-0.25, -0.2) is 0 Å². The summed E-state index contributed by atoms with van der Waals surface area (Å²) in [6, 6.07) is 0.550. The van der Waals surface area contributed by atoms with Crippen molar-refractivity contribution in [3.63, 3.8) is 0 Å². The minimum atomic E-state index is 0.550. The van der Waals surface area contributed by atoms with E-state index in [4.69, 9.17) is 0 Å². The maximum absolute atomic E-state index is 4.50. The Labute approximate surface area is 128 Å². The van der Waals surface area contributed by atoms with Gasteiger partial charge in [0.25, 0.3) is 0 Å². The molecule has 1 aliphatic rings. The fourth-order valence-electron chi connectivity index (χ4n) is 2.92. The van der Waals surface area contributed by atoms with Gasteiger partial charge >= 0.3 is 0 Å². The molecule has 114 valence electrons. The van der Waals surface area contributed by atoms with E-state index in [1.165, 1.54) is 11.1 Å². The van der Waals surface area contributed by atoms with Crippen LogP contribution < -0.4 is 10.2 Å². The van der Waals surface area contributed by atoms with Gasteiger partial charge in [-0.3, -0.25) is 0 Å². The van der Waals surface area contributed by atoms with E-state index in [0.29, 0.717) is 6.04 Å². The maximum Gasteiger partial charge on any atom is 0.154 e. The summed E-state index contributed by atoms with van der Waals surface area (Å²) in [6.45, 7) is 12.2. The molecular formula is C17H26N4. The van der Waals surface area contributed by atoms with E-state index in [-0.39, 0.29) is 0 Å². The molecule has 1 aromatic heterocycles. The van der Waals surface area contributed by atoms with Crippen LogP contribution >= 0.6 is 0 Å². The van der Waals surface area contributed by atoms with Crippen LogP contribution in [-0.2, 0) is 0 Å². The second-order valence-corrected chi connectivity index (χ2v) is 5.80. The third-order valence-corrected chi connectivity index (χ3v) is 4.43. The summed E-state index contributed by atoms with van der Waals surface area (Å²) in [5.41, 5.74) is 4.50. The number of aromatic nitrogens is 2. The van der Waals surface area contributed by atoms with Gasteiger partial charge in [-0.05, 0) is 63.4 Å². The highest BCUT2D eigenvalue weighted by Crippen LogP contribution is 2.27. The first-order valence-electron chi connectivity index (χ1n) is 7.63. The summed E-state index contributed by atoms with van der Waals surface area (Å²) < 4.78 is 0. The van der Waals surface area contributed by atoms with E-state index in [0.717, 1.165) is 43.0 Å². The summed E-state index contributed by atoms with van der Waals surface area (Å²) in [5, 5.41) is 12.4. The van der Waals surface area contributed by atoms with Crippen LogP contribution in [0.15, 0.2) is 18.7 Å². The van der Waals surface area contributed by atoms with Crippen LogP contribution in [0.2, 0.25) is 0 Å². The van der Waals surface area contributed by atoms with Crippen LogP contribution in [0.25, 0.3) is 5.57 Å². The molecule has 0 bridgehead atoms. The van der Waals surface area contributed by atoms with Gasteiger partial charge in [0, 0.05) is 13.1 Å². The van der Waals surface area contributed by atoms with E-state index < -0.39 is 0 Å². The molecule has 1 N–H and O–H groups in total. The van der Waals surface area contributed by atoms with Gasteiger partial charge in [0.1, 0.15) is 0 Å². The third kappa shape index (κ3) is 3.32. The van der Waals surface area contributed by atoms with Gasteiger partial charge in [0.15, 0.2) is 5.82 Å². The number of allylic oxidation sites excluding steroid dienone is 3. The first-order chi connectivity index (χ1) is 10.1. The highest BCUT2D eigenvalue weighted by atomic mass is 15.3. The molecule has 2 rings (SSSR count). The molecule has 4 heteroatoms. The van der Waals surface area contributed by atoms with Crippen LogP contribution in [0.4, 0.5) is 5.82 Å². The average Bonchev–Trinajstić information content (AvgIpc) is 2.50. The fourth-order valence-corrected chi connectivity index (χ4v) is 2.92. The Balaban J connectivity index is 2.31. The molecule has 1 aliphatic heterocycles. The van der Waals surface area contributed by atoms with E-state index >= 15 is 0 Å². The van der Waals surface area contributed by atoms with Crippen LogP contribution in [0, 0.1) is 13.8 Å². The average molecular weight is 286 g/mol. The zero-order chi connectivity index (χ0) is 15.4. The van der Waals surface area contributed by atoms with E-state index in [9.17, 15) is 0 Å². The van der Waals surface area contributed by atoms with Gasteiger partial charge in [0.2, 0.25) is 0 Å². The minimum absolute atomic E-state index is 0.550. The molecule has 0 aliphatic carbocycles. The van der Waals surface area contributed by atoms with Crippen molar-refractivity contribution in [3.05, 3.63) is 35.6 Å². The zero-order valence-electron chi connectivity index (χ0n) is 13.6. The normalized spacial score (nSPS) is 16.9. The van der Waals surface area contributed by atoms with Crippen molar-refractivity contribution in [1.29, 1.82) is 0 Å². The molecular weight excluding hydrogens is 260 g/mol. The summed E-state index contributed by atoms with van der Waals surface area (Å²) in [4.78, 5) is 2.30. The molecule has 4 nitrogen and oxygen atoms in total. The second kappa shape index (κ2) is 6.85. The van der Waals surface area contributed by atoms with Gasteiger partial charge < -0.3 is 10.2 Å². The molecule has 1 fully saturated rings. The molecule has 1 saturated heterocycles. The van der Waals surface area contributed by atoms with E-state index in [1.807, 2.05) is 13.0 Å². The Hall–Kier alpha value is -1.68. The van der Waals surface area contributed by atoms with Gasteiger partial charge in [-0.1, -0.05) is 18.7 Å². The lowest BCUT2D eigenvalue weighted by Gasteiger charge is -2.33. The second-order valence-electron chi connectivity index (χ2n) is 5.80. The molecule has 0 amide bonds. The maximum atomic E-state index is 4.50. The van der Waals surface area contributed by atoms with Crippen LogP contribution in [0.3, 0.4) is 0 Å². The Bertz CT molecular complexity index is 542. The molecule has 2 heterocycles. The van der Waals surface area contributed by atoms with Crippen molar-refractivity contribution in [2.24, 2.45) is 0 Å². The third-order valence-electron chi connectivity index (χ3n) is 4.43. The zero-order valence-corrected chi connectivity index (χ0v) is 13.6. The highest BCUT2D eigenvalue weighted by Gasteiger charge is 2.22. The van der Waals surface area contributed by atoms with Gasteiger partial charge in [-0.15, -0.1) is 10.2 Å². The number of anilines is 1. The first-order valence-corrected chi connectivity index (χ1v) is 7.63. The van der Waals surface area contributed by atoms with Crippen molar-refractivity contribution in [2.75, 3.05) is 25.0 Å². The van der Waals surface area contributed by atoms with Crippen molar-refractivity contribution in [1.82, 2.24) is 15.5 Å². The number of piperidine rings is 1. The van der Waals surface area contributed by atoms with Crippen LogP contribution in [0.1, 0.15) is 36.6 Å². The topological polar surface area (TPSA) is 41.1 Å². The largest absolute Gasteiger partial charge is 0.355 e. The lowest BCUT2D eigenvalue weighted by atomic mass is 10.0.